The summed E-state index contributed by atoms with van der Waals surface area (Å²) in [7, 11) is 0. The highest BCUT2D eigenvalue weighted by Crippen LogP contribution is 2.35. The number of halogens is 1. The number of anilines is 1. The first kappa shape index (κ1) is 13.3. The van der Waals surface area contributed by atoms with E-state index in [-0.39, 0.29) is 0 Å². The van der Waals surface area contributed by atoms with Crippen molar-refractivity contribution in [2.45, 2.75) is 20.4 Å². The molecule has 0 N–H and O–H groups in total. The average molecular weight is 307 g/mol. The van der Waals surface area contributed by atoms with Crippen molar-refractivity contribution in [3.63, 3.8) is 0 Å². The number of aromatic nitrogens is 1. The van der Waals surface area contributed by atoms with Crippen molar-refractivity contribution in [2.75, 3.05) is 4.90 Å². The number of hydrogen-bond acceptors (Lipinski definition) is 4. The summed E-state index contributed by atoms with van der Waals surface area (Å²) >= 11 is 7.55. The number of fused-ring (bicyclic) bond motifs is 1. The quantitative estimate of drug-likeness (QED) is 0.801. The Hall–Kier alpha value is -1.72. The molecule has 0 radical (unpaired) electrons. The highest BCUT2D eigenvalue weighted by molar-refractivity contribution is 7.11. The minimum absolute atomic E-state index is 0.296. The number of hydrogen-bond donors (Lipinski definition) is 0. The Morgan fingerprint density at radius 3 is 2.70 bits per heavy atom. The molecule has 1 amide bonds. The van der Waals surface area contributed by atoms with Gasteiger partial charge in [-0.1, -0.05) is 17.7 Å². The lowest BCUT2D eigenvalue weighted by atomic mass is 10.1. The van der Waals surface area contributed by atoms with E-state index in [1.807, 2.05) is 13.8 Å². The third-order valence-corrected chi connectivity index (χ3v) is 4.69. The molecule has 2 aromatic rings. The molecule has 0 unspecified atom stereocenters. The Morgan fingerprint density at radius 2 is 2.05 bits per heavy atom. The van der Waals surface area contributed by atoms with Crippen LogP contribution >= 0.6 is 22.9 Å². The molecule has 2 heterocycles. The average Bonchev–Trinajstić information content (AvgIpc) is 2.84. The summed E-state index contributed by atoms with van der Waals surface area (Å²) in [5.41, 5.74) is 1.82. The van der Waals surface area contributed by atoms with Crippen LogP contribution in [0.4, 0.5) is 5.69 Å². The van der Waals surface area contributed by atoms with Gasteiger partial charge in [0.1, 0.15) is 5.01 Å². The van der Waals surface area contributed by atoms with E-state index < -0.39 is 11.7 Å². The zero-order valence-corrected chi connectivity index (χ0v) is 12.5. The highest BCUT2D eigenvalue weighted by Gasteiger charge is 2.37. The van der Waals surface area contributed by atoms with Gasteiger partial charge in [-0.15, -0.1) is 11.3 Å². The molecule has 0 atom stereocenters. The van der Waals surface area contributed by atoms with Crippen LogP contribution in [-0.4, -0.2) is 16.7 Å². The van der Waals surface area contributed by atoms with E-state index in [1.165, 1.54) is 16.2 Å². The van der Waals surface area contributed by atoms with Gasteiger partial charge in [0.05, 0.1) is 28.5 Å². The van der Waals surface area contributed by atoms with E-state index in [4.69, 9.17) is 11.6 Å². The summed E-state index contributed by atoms with van der Waals surface area (Å²) in [6.45, 7) is 4.21. The van der Waals surface area contributed by atoms with E-state index in [1.54, 1.807) is 18.2 Å². The largest absolute Gasteiger partial charge is 0.299 e. The molecule has 0 bridgehead atoms. The molecule has 1 aliphatic rings. The number of benzene rings is 1. The highest BCUT2D eigenvalue weighted by atomic mass is 35.5. The number of amides is 1. The smallest absolute Gasteiger partial charge is 0.298 e. The van der Waals surface area contributed by atoms with Gasteiger partial charge in [0.25, 0.3) is 11.7 Å². The molecule has 1 aliphatic heterocycles. The van der Waals surface area contributed by atoms with Gasteiger partial charge in [0.2, 0.25) is 0 Å². The number of ketones is 1. The van der Waals surface area contributed by atoms with Gasteiger partial charge < -0.3 is 0 Å². The number of carbonyl (C=O) groups excluding carboxylic acids is 2. The second kappa shape index (κ2) is 4.68. The molecule has 0 saturated heterocycles. The van der Waals surface area contributed by atoms with Crippen molar-refractivity contribution >= 4 is 40.3 Å². The summed E-state index contributed by atoms with van der Waals surface area (Å²) < 4.78 is 0. The van der Waals surface area contributed by atoms with Crippen LogP contribution in [0.3, 0.4) is 0 Å². The SMILES string of the molecule is Cc1nc(CN2C(=O)C(=O)c3c(Cl)cccc32)sc1C. The standard InChI is InChI=1S/C14H11ClN2O2S/c1-7-8(2)20-11(16-7)6-17-10-5-3-4-9(15)12(10)13(18)14(17)19/h3-5H,6H2,1-2H3. The fourth-order valence-electron chi connectivity index (χ4n) is 2.20. The molecule has 102 valence electrons. The van der Waals surface area contributed by atoms with Crippen LogP contribution in [0.15, 0.2) is 18.2 Å². The van der Waals surface area contributed by atoms with Crippen molar-refractivity contribution in [3.05, 3.63) is 44.4 Å². The van der Waals surface area contributed by atoms with E-state index >= 15 is 0 Å². The maximum Gasteiger partial charge on any atom is 0.299 e. The van der Waals surface area contributed by atoms with Gasteiger partial charge >= 0.3 is 0 Å². The first-order valence-electron chi connectivity index (χ1n) is 6.06. The van der Waals surface area contributed by atoms with Gasteiger partial charge in [0, 0.05) is 4.88 Å². The van der Waals surface area contributed by atoms with Crippen LogP contribution in [-0.2, 0) is 11.3 Å². The molecule has 1 aromatic carbocycles. The van der Waals surface area contributed by atoms with E-state index in [0.29, 0.717) is 22.8 Å². The number of rotatable bonds is 2. The van der Waals surface area contributed by atoms with E-state index in [9.17, 15) is 9.59 Å². The van der Waals surface area contributed by atoms with Crippen LogP contribution in [0.1, 0.15) is 25.9 Å². The van der Waals surface area contributed by atoms with Gasteiger partial charge in [-0.2, -0.15) is 0 Å². The Morgan fingerprint density at radius 1 is 1.30 bits per heavy atom. The molecule has 1 aromatic heterocycles. The summed E-state index contributed by atoms with van der Waals surface area (Å²) in [4.78, 5) is 31.1. The third-order valence-electron chi connectivity index (χ3n) is 3.32. The molecule has 20 heavy (non-hydrogen) atoms. The third kappa shape index (κ3) is 1.94. The second-order valence-electron chi connectivity index (χ2n) is 4.60. The lowest BCUT2D eigenvalue weighted by Gasteiger charge is -2.14. The lowest BCUT2D eigenvalue weighted by molar-refractivity contribution is -0.114. The molecule has 0 saturated carbocycles. The van der Waals surface area contributed by atoms with Crippen LogP contribution < -0.4 is 4.90 Å². The van der Waals surface area contributed by atoms with Crippen molar-refractivity contribution in [1.82, 2.24) is 4.98 Å². The maximum absolute atomic E-state index is 12.1. The molecule has 0 fully saturated rings. The van der Waals surface area contributed by atoms with Gasteiger partial charge in [-0.25, -0.2) is 4.98 Å². The zero-order chi connectivity index (χ0) is 14.4. The van der Waals surface area contributed by atoms with Gasteiger partial charge in [0.15, 0.2) is 0 Å². The second-order valence-corrected chi connectivity index (χ2v) is 6.30. The predicted octanol–water partition coefficient (Wildman–Crippen LogP) is 3.14. The van der Waals surface area contributed by atoms with Crippen LogP contribution in [0.2, 0.25) is 5.02 Å². The van der Waals surface area contributed by atoms with Crippen LogP contribution in [0.25, 0.3) is 0 Å². The topological polar surface area (TPSA) is 50.3 Å². The summed E-state index contributed by atoms with van der Waals surface area (Å²) in [6.07, 6.45) is 0. The fraction of sp³-hybridized carbons (Fsp3) is 0.214. The molecular formula is C14H11ClN2O2S. The summed E-state index contributed by atoms with van der Waals surface area (Å²) in [6, 6.07) is 5.09. The monoisotopic (exact) mass is 306 g/mol. The Balaban J connectivity index is 2.01. The van der Waals surface area contributed by atoms with E-state index in [2.05, 4.69) is 4.98 Å². The minimum atomic E-state index is -0.546. The Bertz CT molecular complexity index is 719. The van der Waals surface area contributed by atoms with Gasteiger partial charge in [-0.05, 0) is 26.0 Å². The van der Waals surface area contributed by atoms with Crippen molar-refractivity contribution in [2.24, 2.45) is 0 Å². The molecule has 0 aliphatic carbocycles. The number of Topliss-reactive ketones (excluding diaryl/α,β-unsaturated/α-hetero) is 1. The van der Waals surface area contributed by atoms with Crippen LogP contribution in [0, 0.1) is 13.8 Å². The number of aryl methyl sites for hydroxylation is 2. The molecule has 0 spiro atoms. The normalized spacial score (nSPS) is 14.1. The first-order chi connectivity index (χ1) is 9.49. The summed E-state index contributed by atoms with van der Waals surface area (Å²) in [5.74, 6) is -1.09. The molecule has 3 rings (SSSR count). The van der Waals surface area contributed by atoms with Crippen molar-refractivity contribution < 1.29 is 9.59 Å². The number of carbonyl (C=O) groups is 2. The molecular weight excluding hydrogens is 296 g/mol. The summed E-state index contributed by atoms with van der Waals surface area (Å²) in [5, 5.41) is 1.13. The van der Waals surface area contributed by atoms with Crippen LogP contribution in [0.5, 0.6) is 0 Å². The molecule has 6 heteroatoms. The minimum Gasteiger partial charge on any atom is -0.298 e. The number of nitrogens with zero attached hydrogens (tertiary/aromatic N) is 2. The van der Waals surface area contributed by atoms with Crippen molar-refractivity contribution in [1.29, 1.82) is 0 Å². The maximum atomic E-state index is 12.1. The predicted molar refractivity (Wildman–Crippen MR) is 78.6 cm³/mol. The number of thiazole rings is 1. The van der Waals surface area contributed by atoms with Crippen molar-refractivity contribution in [3.8, 4) is 0 Å². The Labute approximate surface area is 125 Å². The van der Waals surface area contributed by atoms with E-state index in [0.717, 1.165) is 15.6 Å². The lowest BCUT2D eigenvalue weighted by Crippen LogP contribution is -2.29. The first-order valence-corrected chi connectivity index (χ1v) is 7.26. The fourth-order valence-corrected chi connectivity index (χ4v) is 3.38. The van der Waals surface area contributed by atoms with Gasteiger partial charge in [-0.3, -0.25) is 14.5 Å². The Kier molecular flexibility index (Phi) is 3.11. The zero-order valence-electron chi connectivity index (χ0n) is 10.9. The molecule has 4 nitrogen and oxygen atoms in total.